The second-order valence-electron chi connectivity index (χ2n) is 5.71. The van der Waals surface area contributed by atoms with Gasteiger partial charge in [0.25, 0.3) is 5.79 Å². The van der Waals surface area contributed by atoms with Crippen molar-refractivity contribution in [3.8, 4) is 0 Å². The van der Waals surface area contributed by atoms with Gasteiger partial charge in [0.15, 0.2) is 5.78 Å². The van der Waals surface area contributed by atoms with E-state index in [9.17, 15) is 39.9 Å². The summed E-state index contributed by atoms with van der Waals surface area (Å²) >= 11 is 0. The third kappa shape index (κ3) is 4.26. The van der Waals surface area contributed by atoms with Crippen molar-refractivity contribution in [1.82, 2.24) is 5.32 Å². The molecule has 24 heavy (non-hydrogen) atoms. The first-order valence-electron chi connectivity index (χ1n) is 7.04. The summed E-state index contributed by atoms with van der Waals surface area (Å²) in [5.74, 6) is -6.30. The second kappa shape index (κ2) is 7.51. The zero-order valence-corrected chi connectivity index (χ0v) is 13.0. The molecular weight excluding hydrogens is 330 g/mol. The number of aliphatic hydroxyl groups excluding tert-OH is 4. The maximum atomic E-state index is 11.2. The average Bonchev–Trinajstić information content (AvgIpc) is 2.46. The van der Waals surface area contributed by atoms with E-state index >= 15 is 0 Å². The monoisotopic (exact) mass is 351 g/mol. The van der Waals surface area contributed by atoms with Crippen LogP contribution in [0.15, 0.2) is 0 Å². The lowest BCUT2D eigenvalue weighted by molar-refractivity contribution is -0.296. The number of carbonyl (C=O) groups is 3. The first-order chi connectivity index (χ1) is 10.9. The molecule has 1 rings (SSSR count). The van der Waals surface area contributed by atoms with Crippen molar-refractivity contribution >= 4 is 17.7 Å². The summed E-state index contributed by atoms with van der Waals surface area (Å²) in [6, 6.07) is -1.40. The summed E-state index contributed by atoms with van der Waals surface area (Å²) in [7, 11) is 0. The Labute approximate surface area is 136 Å². The van der Waals surface area contributed by atoms with Crippen LogP contribution in [0.4, 0.5) is 0 Å². The number of Topliss-reactive ketones (excluding diaryl/α,β-unsaturated/α-hetero) is 1. The number of ether oxygens (including phenoxy) is 1. The molecule has 7 atom stereocenters. The minimum absolute atomic E-state index is 0.665. The van der Waals surface area contributed by atoms with Crippen molar-refractivity contribution in [3.63, 3.8) is 0 Å². The van der Waals surface area contributed by atoms with E-state index in [4.69, 9.17) is 9.84 Å². The lowest BCUT2D eigenvalue weighted by Crippen LogP contribution is -2.67. The summed E-state index contributed by atoms with van der Waals surface area (Å²) in [5.41, 5.74) is 0. The Kier molecular flexibility index (Phi) is 6.38. The highest BCUT2D eigenvalue weighted by atomic mass is 16.7. The van der Waals surface area contributed by atoms with Crippen LogP contribution in [0.5, 0.6) is 0 Å². The highest BCUT2D eigenvalue weighted by Crippen LogP contribution is 2.31. The average molecular weight is 351 g/mol. The van der Waals surface area contributed by atoms with Crippen LogP contribution in [0, 0.1) is 0 Å². The molecule has 1 heterocycles. The van der Waals surface area contributed by atoms with Gasteiger partial charge in [-0.1, -0.05) is 0 Å². The minimum Gasteiger partial charge on any atom is -0.477 e. The maximum Gasteiger partial charge on any atom is 0.364 e. The lowest BCUT2D eigenvalue weighted by atomic mass is 9.87. The molecule has 1 aliphatic rings. The van der Waals surface area contributed by atoms with Crippen molar-refractivity contribution < 1.29 is 49.8 Å². The molecule has 1 fully saturated rings. The smallest absolute Gasteiger partial charge is 0.364 e. The molecule has 2 unspecified atom stereocenters. The van der Waals surface area contributed by atoms with Crippen LogP contribution in [0.3, 0.4) is 0 Å². The number of carboxylic acids is 1. The van der Waals surface area contributed by atoms with E-state index in [2.05, 4.69) is 5.32 Å². The molecule has 11 nitrogen and oxygen atoms in total. The van der Waals surface area contributed by atoms with Gasteiger partial charge in [-0.25, -0.2) is 4.79 Å². The fourth-order valence-electron chi connectivity index (χ4n) is 2.43. The lowest BCUT2D eigenvalue weighted by Gasteiger charge is -2.45. The predicted octanol–water partition coefficient (Wildman–Crippen LogP) is -3.91. The van der Waals surface area contributed by atoms with Gasteiger partial charge in [-0.2, -0.15) is 0 Å². The van der Waals surface area contributed by atoms with Crippen LogP contribution in [0.1, 0.15) is 20.3 Å². The van der Waals surface area contributed by atoms with Gasteiger partial charge in [-0.15, -0.1) is 0 Å². The number of nitrogens with one attached hydrogen (secondary N) is 1. The predicted molar refractivity (Wildman–Crippen MR) is 74.4 cm³/mol. The van der Waals surface area contributed by atoms with Crippen molar-refractivity contribution in [2.24, 2.45) is 0 Å². The number of rotatable bonds is 6. The molecular formula is C13H21NO10. The summed E-state index contributed by atoms with van der Waals surface area (Å²) in [6.07, 6.45) is -10.5. The summed E-state index contributed by atoms with van der Waals surface area (Å²) < 4.78 is 4.88. The summed E-state index contributed by atoms with van der Waals surface area (Å²) in [4.78, 5) is 33.4. The van der Waals surface area contributed by atoms with E-state index in [1.807, 2.05) is 0 Å². The van der Waals surface area contributed by atoms with Crippen molar-refractivity contribution in [2.45, 2.75) is 62.6 Å². The van der Waals surface area contributed by atoms with Gasteiger partial charge >= 0.3 is 5.97 Å². The Balaban J connectivity index is 3.15. The van der Waals surface area contributed by atoms with Gasteiger partial charge < -0.3 is 40.7 Å². The van der Waals surface area contributed by atoms with Crippen LogP contribution < -0.4 is 5.32 Å². The Hall–Kier alpha value is -1.63. The van der Waals surface area contributed by atoms with Crippen LogP contribution in [0.2, 0.25) is 0 Å². The number of amides is 1. The SMILES string of the molecule is CC(=O)N[C@H]1[C@H]([C@H](O)[C@H](O)C(O)C(C)=O)OC(O)(C(=O)O)C[C@@H]1O. The fraction of sp³-hybridized carbons (Fsp3) is 0.769. The van der Waals surface area contributed by atoms with Gasteiger partial charge in [0.2, 0.25) is 5.91 Å². The molecule has 0 radical (unpaired) electrons. The van der Waals surface area contributed by atoms with E-state index < -0.39 is 66.4 Å². The van der Waals surface area contributed by atoms with Gasteiger partial charge in [-0.05, 0) is 6.92 Å². The topological polar surface area (TPSA) is 194 Å². The van der Waals surface area contributed by atoms with Crippen LogP contribution in [-0.4, -0.2) is 90.6 Å². The minimum atomic E-state index is -2.89. The number of carbonyl (C=O) groups excluding carboxylic acids is 2. The normalized spacial score (nSPS) is 34.0. The quantitative estimate of drug-likeness (QED) is 0.248. The van der Waals surface area contributed by atoms with E-state index in [1.165, 1.54) is 0 Å². The molecule has 11 heteroatoms. The molecule has 0 aromatic heterocycles. The van der Waals surface area contributed by atoms with Crippen LogP contribution in [0.25, 0.3) is 0 Å². The first kappa shape index (κ1) is 20.4. The Morgan fingerprint density at radius 2 is 1.75 bits per heavy atom. The molecule has 0 aliphatic carbocycles. The first-order valence-corrected chi connectivity index (χ1v) is 7.04. The molecule has 138 valence electrons. The summed E-state index contributed by atoms with van der Waals surface area (Å²) in [6.45, 7) is 2.02. The summed E-state index contributed by atoms with van der Waals surface area (Å²) in [5, 5.41) is 60.6. The van der Waals surface area contributed by atoms with Crippen molar-refractivity contribution in [1.29, 1.82) is 0 Å². The fourth-order valence-corrected chi connectivity index (χ4v) is 2.43. The van der Waals surface area contributed by atoms with E-state index in [0.717, 1.165) is 13.8 Å². The maximum absolute atomic E-state index is 11.2. The number of hydrogen-bond acceptors (Lipinski definition) is 9. The van der Waals surface area contributed by atoms with E-state index in [1.54, 1.807) is 0 Å². The molecule has 7 N–H and O–H groups in total. The standard InChI is InChI=1S/C13H21NO10/c1-4(15)8(18)9(19)10(20)11-7(14-5(2)16)6(17)3-13(23,24-11)12(21)22/h6-11,17-20,23H,3H2,1-2H3,(H,14,16)(H,21,22)/t6-,7+,8?,9+,10+,11+,13?/m0/s1. The molecule has 0 saturated carbocycles. The van der Waals surface area contributed by atoms with Gasteiger partial charge in [0.1, 0.15) is 24.4 Å². The number of ketones is 1. The van der Waals surface area contributed by atoms with Crippen molar-refractivity contribution in [3.05, 3.63) is 0 Å². The van der Waals surface area contributed by atoms with E-state index in [0.29, 0.717) is 0 Å². The van der Waals surface area contributed by atoms with Gasteiger partial charge in [0.05, 0.1) is 12.1 Å². The largest absolute Gasteiger partial charge is 0.477 e. The van der Waals surface area contributed by atoms with Gasteiger partial charge in [0, 0.05) is 13.3 Å². The molecule has 1 aliphatic heterocycles. The second-order valence-corrected chi connectivity index (χ2v) is 5.71. The number of hydrogen-bond donors (Lipinski definition) is 7. The Morgan fingerprint density at radius 1 is 1.21 bits per heavy atom. The number of aliphatic hydroxyl groups is 5. The van der Waals surface area contributed by atoms with Crippen LogP contribution >= 0.6 is 0 Å². The number of aliphatic carboxylic acids is 1. The highest BCUT2D eigenvalue weighted by Gasteiger charge is 2.54. The highest BCUT2D eigenvalue weighted by molar-refractivity contribution is 5.81. The Bertz CT molecular complexity index is 511. The molecule has 0 aromatic rings. The molecule has 0 spiro atoms. The third-order valence-electron chi connectivity index (χ3n) is 3.72. The molecule has 0 aromatic carbocycles. The van der Waals surface area contributed by atoms with Gasteiger partial charge in [-0.3, -0.25) is 9.59 Å². The zero-order valence-electron chi connectivity index (χ0n) is 13.0. The Morgan fingerprint density at radius 3 is 2.17 bits per heavy atom. The third-order valence-corrected chi connectivity index (χ3v) is 3.72. The van der Waals surface area contributed by atoms with E-state index in [-0.39, 0.29) is 0 Å². The van der Waals surface area contributed by atoms with Crippen LogP contribution in [-0.2, 0) is 19.1 Å². The van der Waals surface area contributed by atoms with Crippen molar-refractivity contribution in [2.75, 3.05) is 0 Å². The number of carboxylic acid groups (broad SMARTS) is 1. The molecule has 1 amide bonds. The molecule has 0 bridgehead atoms. The zero-order chi connectivity index (χ0) is 18.8. The molecule has 1 saturated heterocycles.